The van der Waals surface area contributed by atoms with E-state index >= 15 is 0 Å². The quantitative estimate of drug-likeness (QED) is 0.888. The van der Waals surface area contributed by atoms with Gasteiger partial charge in [-0.05, 0) is 24.5 Å². The van der Waals surface area contributed by atoms with Crippen LogP contribution in [0.3, 0.4) is 0 Å². The molecule has 1 saturated heterocycles. The van der Waals surface area contributed by atoms with E-state index in [4.69, 9.17) is 0 Å². The molecule has 3 nitrogen and oxygen atoms in total. The summed E-state index contributed by atoms with van der Waals surface area (Å²) >= 11 is 0. The highest BCUT2D eigenvalue weighted by Gasteiger charge is 2.51. The molecule has 2 N–H and O–H groups in total. The summed E-state index contributed by atoms with van der Waals surface area (Å²) in [6.45, 7) is 2.36. The maximum absolute atomic E-state index is 12.8. The number of hydrogen-bond acceptors (Lipinski definition) is 2. The molecule has 2 fully saturated rings. The van der Waals surface area contributed by atoms with Crippen LogP contribution in [-0.4, -0.2) is 25.5 Å². The third-order valence-corrected chi connectivity index (χ3v) is 4.34. The molecular weight excluding hydrogens is 317 g/mol. The van der Waals surface area contributed by atoms with E-state index in [0.717, 1.165) is 25.2 Å². The zero-order chi connectivity index (χ0) is 15.1. The van der Waals surface area contributed by atoms with E-state index < -0.39 is 17.2 Å². The van der Waals surface area contributed by atoms with Crippen molar-refractivity contribution in [1.82, 2.24) is 10.6 Å². The Bertz CT molecular complexity index is 554. The standard InChI is InChI=1S/C15H17F3N2O.ClH/c16-15(17,18)12-3-1-2-11(6-12)14(4-5-14)13(21)20-9-10-7-19-8-10;/h1-3,6,10,19H,4-5,7-9H2,(H,20,21);1H. The number of carbonyl (C=O) groups is 1. The molecule has 7 heteroatoms. The second-order valence-corrected chi connectivity index (χ2v) is 5.89. The van der Waals surface area contributed by atoms with Crippen LogP contribution in [0.4, 0.5) is 13.2 Å². The van der Waals surface area contributed by atoms with Gasteiger partial charge in [-0.15, -0.1) is 12.4 Å². The molecule has 2 aliphatic rings. The second-order valence-electron chi connectivity index (χ2n) is 5.89. The zero-order valence-electron chi connectivity index (χ0n) is 11.9. The molecule has 1 heterocycles. The van der Waals surface area contributed by atoms with Gasteiger partial charge in [-0.3, -0.25) is 4.79 Å². The summed E-state index contributed by atoms with van der Waals surface area (Å²) < 4.78 is 38.3. The van der Waals surface area contributed by atoms with E-state index in [2.05, 4.69) is 10.6 Å². The van der Waals surface area contributed by atoms with E-state index in [1.54, 1.807) is 6.07 Å². The number of nitrogens with one attached hydrogen (secondary N) is 2. The Morgan fingerprint density at radius 3 is 2.50 bits per heavy atom. The monoisotopic (exact) mass is 334 g/mol. The molecule has 1 aliphatic carbocycles. The minimum Gasteiger partial charge on any atom is -0.355 e. The van der Waals surface area contributed by atoms with E-state index in [0.29, 0.717) is 30.9 Å². The number of alkyl halides is 3. The topological polar surface area (TPSA) is 41.1 Å². The van der Waals surface area contributed by atoms with Crippen molar-refractivity contribution in [3.8, 4) is 0 Å². The molecule has 1 amide bonds. The maximum atomic E-state index is 12.8. The minimum atomic E-state index is -4.37. The Labute approximate surface area is 133 Å². The summed E-state index contributed by atoms with van der Waals surface area (Å²) in [6.07, 6.45) is -3.15. The normalized spacial score (nSPS) is 19.8. The predicted octanol–water partition coefficient (Wildman–Crippen LogP) is 2.49. The molecule has 0 radical (unpaired) electrons. The van der Waals surface area contributed by atoms with Gasteiger partial charge in [-0.25, -0.2) is 0 Å². The van der Waals surface area contributed by atoms with Gasteiger partial charge in [0.25, 0.3) is 0 Å². The first-order valence-electron chi connectivity index (χ1n) is 7.08. The molecule has 0 unspecified atom stereocenters. The third-order valence-electron chi connectivity index (χ3n) is 4.34. The Morgan fingerprint density at radius 1 is 1.32 bits per heavy atom. The van der Waals surface area contributed by atoms with E-state index in [1.807, 2.05) is 0 Å². The van der Waals surface area contributed by atoms with Crippen LogP contribution in [0.5, 0.6) is 0 Å². The molecule has 22 heavy (non-hydrogen) atoms. The van der Waals surface area contributed by atoms with Gasteiger partial charge in [0.15, 0.2) is 0 Å². The average molecular weight is 335 g/mol. The maximum Gasteiger partial charge on any atom is 0.416 e. The fraction of sp³-hybridized carbons (Fsp3) is 0.533. The van der Waals surface area contributed by atoms with E-state index in [9.17, 15) is 18.0 Å². The van der Waals surface area contributed by atoms with Gasteiger partial charge in [-0.1, -0.05) is 18.2 Å². The van der Waals surface area contributed by atoms with E-state index in [1.165, 1.54) is 6.07 Å². The Morgan fingerprint density at radius 2 is 2.00 bits per heavy atom. The van der Waals surface area contributed by atoms with Crippen molar-refractivity contribution in [3.63, 3.8) is 0 Å². The first-order chi connectivity index (χ1) is 9.92. The van der Waals surface area contributed by atoms with Crippen LogP contribution in [0.1, 0.15) is 24.0 Å². The summed E-state index contributed by atoms with van der Waals surface area (Å²) in [4.78, 5) is 12.3. The van der Waals surface area contributed by atoms with Crippen LogP contribution in [0.2, 0.25) is 0 Å². The molecular formula is C15H18ClF3N2O. The minimum absolute atomic E-state index is 0. The summed E-state index contributed by atoms with van der Waals surface area (Å²) in [5.74, 6) is 0.292. The van der Waals surface area contributed by atoms with Gasteiger partial charge in [0.05, 0.1) is 11.0 Å². The van der Waals surface area contributed by atoms with Crippen LogP contribution in [0.15, 0.2) is 24.3 Å². The number of benzene rings is 1. The highest BCUT2D eigenvalue weighted by molar-refractivity contribution is 5.91. The molecule has 1 aliphatic heterocycles. The Balaban J connectivity index is 0.00000176. The highest BCUT2D eigenvalue weighted by atomic mass is 35.5. The molecule has 0 bridgehead atoms. The molecule has 0 aromatic heterocycles. The fourth-order valence-electron chi connectivity index (χ4n) is 2.66. The SMILES string of the molecule is Cl.O=C(NCC1CNC1)C1(c2cccc(C(F)(F)F)c2)CC1. The zero-order valence-corrected chi connectivity index (χ0v) is 12.7. The Hall–Kier alpha value is -1.27. The summed E-state index contributed by atoms with van der Waals surface area (Å²) in [7, 11) is 0. The Kier molecular flexibility index (Phi) is 4.73. The van der Waals surface area contributed by atoms with Gasteiger partial charge < -0.3 is 10.6 Å². The largest absolute Gasteiger partial charge is 0.416 e. The highest BCUT2D eigenvalue weighted by Crippen LogP contribution is 2.49. The molecule has 1 aromatic rings. The lowest BCUT2D eigenvalue weighted by Gasteiger charge is -2.28. The molecule has 0 atom stereocenters. The summed E-state index contributed by atoms with van der Waals surface area (Å²) in [6, 6.07) is 5.14. The van der Waals surface area contributed by atoms with Gasteiger partial charge in [0, 0.05) is 25.6 Å². The molecule has 0 spiro atoms. The van der Waals surface area contributed by atoms with Crippen LogP contribution in [0.25, 0.3) is 0 Å². The van der Waals surface area contributed by atoms with Crippen molar-refractivity contribution in [2.24, 2.45) is 5.92 Å². The van der Waals surface area contributed by atoms with Crippen LogP contribution in [0, 0.1) is 5.92 Å². The van der Waals surface area contributed by atoms with Crippen molar-refractivity contribution in [2.75, 3.05) is 19.6 Å². The first kappa shape index (κ1) is 17.1. The van der Waals surface area contributed by atoms with Crippen molar-refractivity contribution < 1.29 is 18.0 Å². The number of rotatable bonds is 4. The molecule has 122 valence electrons. The van der Waals surface area contributed by atoms with Gasteiger partial charge in [-0.2, -0.15) is 13.2 Å². The van der Waals surface area contributed by atoms with Crippen molar-refractivity contribution in [1.29, 1.82) is 0 Å². The van der Waals surface area contributed by atoms with Crippen LogP contribution in [-0.2, 0) is 16.4 Å². The predicted molar refractivity (Wildman–Crippen MR) is 79.0 cm³/mol. The van der Waals surface area contributed by atoms with Gasteiger partial charge >= 0.3 is 6.18 Å². The summed E-state index contributed by atoms with van der Waals surface area (Å²) in [5.41, 5.74) is -0.970. The molecule has 1 saturated carbocycles. The second kappa shape index (κ2) is 6.08. The first-order valence-corrected chi connectivity index (χ1v) is 7.08. The smallest absolute Gasteiger partial charge is 0.355 e. The van der Waals surface area contributed by atoms with E-state index in [-0.39, 0.29) is 18.3 Å². The molecule has 1 aromatic carbocycles. The lowest BCUT2D eigenvalue weighted by atomic mass is 9.92. The fourth-order valence-corrected chi connectivity index (χ4v) is 2.66. The van der Waals surface area contributed by atoms with Gasteiger partial charge in [0.1, 0.15) is 0 Å². The molecule has 3 rings (SSSR count). The summed E-state index contributed by atoms with van der Waals surface area (Å²) in [5, 5.41) is 6.00. The number of carbonyl (C=O) groups excluding carboxylic acids is 1. The lowest BCUT2D eigenvalue weighted by molar-refractivity contribution is -0.137. The number of halogens is 4. The lowest BCUT2D eigenvalue weighted by Crippen LogP contribution is -2.49. The van der Waals surface area contributed by atoms with Gasteiger partial charge in [0.2, 0.25) is 5.91 Å². The van der Waals surface area contributed by atoms with Crippen molar-refractivity contribution in [3.05, 3.63) is 35.4 Å². The number of hydrogen-bond donors (Lipinski definition) is 2. The van der Waals surface area contributed by atoms with Crippen molar-refractivity contribution >= 4 is 18.3 Å². The van der Waals surface area contributed by atoms with Crippen LogP contribution >= 0.6 is 12.4 Å². The third kappa shape index (κ3) is 3.22. The average Bonchev–Trinajstić information content (AvgIpc) is 3.17. The van der Waals surface area contributed by atoms with Crippen molar-refractivity contribution in [2.45, 2.75) is 24.4 Å². The number of amides is 1. The van der Waals surface area contributed by atoms with Crippen LogP contribution < -0.4 is 10.6 Å².